The molecule has 0 aliphatic heterocycles. The molecule has 0 bridgehead atoms. The van der Waals surface area contributed by atoms with Crippen LogP contribution in [0, 0.1) is 11.8 Å². The Balaban J connectivity index is 3.92. The van der Waals surface area contributed by atoms with Gasteiger partial charge in [-0.2, -0.15) is 0 Å². The average Bonchev–Trinajstić information content (AvgIpc) is 2.54. The lowest BCUT2D eigenvalue weighted by Crippen LogP contribution is -1.97. The van der Waals surface area contributed by atoms with Gasteiger partial charge in [-0.3, -0.25) is 0 Å². The second-order valence-electron chi connectivity index (χ2n) is 8.71. The third-order valence-electron chi connectivity index (χ3n) is 5.19. The first-order chi connectivity index (χ1) is 12.3. The van der Waals surface area contributed by atoms with E-state index in [4.69, 9.17) is 5.11 Å². The minimum Gasteiger partial charge on any atom is -0.396 e. The summed E-state index contributed by atoms with van der Waals surface area (Å²) in [6, 6.07) is 0. The third-order valence-corrected chi connectivity index (χ3v) is 5.19. The van der Waals surface area contributed by atoms with E-state index in [1.54, 1.807) is 5.57 Å². The lowest BCUT2D eigenvalue weighted by atomic mass is 10.00. The largest absolute Gasteiger partial charge is 0.396 e. The first-order valence-corrected chi connectivity index (χ1v) is 10.9. The number of rotatable bonds is 15. The molecule has 0 spiro atoms. The molecule has 1 N–H and O–H groups in total. The monoisotopic (exact) mass is 362 g/mol. The zero-order valence-electron chi connectivity index (χ0n) is 18.6. The smallest absolute Gasteiger partial charge is 0.0433 e. The van der Waals surface area contributed by atoms with Gasteiger partial charge in [0.1, 0.15) is 0 Å². The van der Waals surface area contributed by atoms with Gasteiger partial charge in [0.2, 0.25) is 0 Å². The molecule has 0 aromatic rings. The molecule has 0 aliphatic rings. The van der Waals surface area contributed by atoms with Gasteiger partial charge in [-0.15, -0.1) is 0 Å². The Kier molecular flexibility index (Phi) is 15.8. The van der Waals surface area contributed by atoms with Crippen LogP contribution in [0.1, 0.15) is 106 Å². The highest BCUT2D eigenvalue weighted by Gasteiger charge is 2.00. The Morgan fingerprint density at radius 1 is 0.692 bits per heavy atom. The quantitative estimate of drug-likeness (QED) is 0.292. The van der Waals surface area contributed by atoms with Crippen molar-refractivity contribution in [2.45, 2.75) is 106 Å². The van der Waals surface area contributed by atoms with Gasteiger partial charge in [0.25, 0.3) is 0 Å². The highest BCUT2D eigenvalue weighted by atomic mass is 16.3. The SMILES string of the molecule is C/C(=C/CCC(C)CCO)CC/C=C(\C)CC/C=C(\C)CCCC(C)C. The van der Waals surface area contributed by atoms with Crippen LogP contribution in [0.4, 0.5) is 0 Å². The Labute approximate surface area is 164 Å². The van der Waals surface area contributed by atoms with Crippen LogP contribution in [0.2, 0.25) is 0 Å². The number of hydrogen-bond acceptors (Lipinski definition) is 1. The van der Waals surface area contributed by atoms with Crippen LogP contribution in [-0.4, -0.2) is 11.7 Å². The average molecular weight is 363 g/mol. The van der Waals surface area contributed by atoms with Crippen molar-refractivity contribution < 1.29 is 5.11 Å². The van der Waals surface area contributed by atoms with Crippen LogP contribution in [0.25, 0.3) is 0 Å². The van der Waals surface area contributed by atoms with Gasteiger partial charge in [0, 0.05) is 6.61 Å². The Hall–Kier alpha value is -0.820. The zero-order chi connectivity index (χ0) is 19.8. The van der Waals surface area contributed by atoms with Gasteiger partial charge in [-0.1, -0.05) is 62.1 Å². The van der Waals surface area contributed by atoms with E-state index in [9.17, 15) is 0 Å². The van der Waals surface area contributed by atoms with E-state index in [1.807, 2.05) is 0 Å². The fourth-order valence-corrected chi connectivity index (χ4v) is 3.17. The van der Waals surface area contributed by atoms with Gasteiger partial charge < -0.3 is 5.11 Å². The molecule has 1 atom stereocenters. The predicted octanol–water partition coefficient (Wildman–Crippen LogP) is 8.01. The minimum atomic E-state index is 0.320. The molecular formula is C25H46O. The van der Waals surface area contributed by atoms with E-state index in [0.29, 0.717) is 12.5 Å². The second kappa shape index (κ2) is 16.4. The topological polar surface area (TPSA) is 20.2 Å². The van der Waals surface area contributed by atoms with Crippen molar-refractivity contribution in [2.24, 2.45) is 11.8 Å². The van der Waals surface area contributed by atoms with Crippen molar-refractivity contribution in [3.63, 3.8) is 0 Å². The molecular weight excluding hydrogens is 316 g/mol. The van der Waals surface area contributed by atoms with Crippen molar-refractivity contribution in [1.29, 1.82) is 0 Å². The first kappa shape index (κ1) is 25.2. The molecule has 0 aliphatic carbocycles. The van der Waals surface area contributed by atoms with Crippen molar-refractivity contribution in [3.05, 3.63) is 34.9 Å². The van der Waals surface area contributed by atoms with Crippen molar-refractivity contribution in [3.8, 4) is 0 Å². The molecule has 0 aromatic carbocycles. The minimum absolute atomic E-state index is 0.320. The summed E-state index contributed by atoms with van der Waals surface area (Å²) in [5.41, 5.74) is 4.60. The van der Waals surface area contributed by atoms with Gasteiger partial charge >= 0.3 is 0 Å². The maximum absolute atomic E-state index is 8.94. The molecule has 26 heavy (non-hydrogen) atoms. The number of allylic oxidation sites excluding steroid dienone is 6. The molecule has 0 heterocycles. The fraction of sp³-hybridized carbons (Fsp3) is 0.760. The lowest BCUT2D eigenvalue weighted by Gasteiger charge is -2.07. The van der Waals surface area contributed by atoms with Gasteiger partial charge in [0.05, 0.1) is 0 Å². The van der Waals surface area contributed by atoms with Crippen LogP contribution in [0.3, 0.4) is 0 Å². The van der Waals surface area contributed by atoms with E-state index < -0.39 is 0 Å². The Morgan fingerprint density at radius 2 is 1.19 bits per heavy atom. The number of hydrogen-bond donors (Lipinski definition) is 1. The highest BCUT2D eigenvalue weighted by Crippen LogP contribution is 2.16. The van der Waals surface area contributed by atoms with E-state index in [0.717, 1.165) is 25.2 Å². The van der Waals surface area contributed by atoms with Crippen molar-refractivity contribution >= 4 is 0 Å². The third kappa shape index (κ3) is 16.6. The molecule has 0 saturated heterocycles. The summed E-state index contributed by atoms with van der Waals surface area (Å²) in [4.78, 5) is 0. The molecule has 0 saturated carbocycles. The fourth-order valence-electron chi connectivity index (χ4n) is 3.17. The molecule has 0 amide bonds. The summed E-state index contributed by atoms with van der Waals surface area (Å²) in [7, 11) is 0. The van der Waals surface area contributed by atoms with Crippen LogP contribution in [-0.2, 0) is 0 Å². The summed E-state index contributed by atoms with van der Waals surface area (Å²) in [6.07, 6.45) is 19.2. The van der Waals surface area contributed by atoms with Crippen molar-refractivity contribution in [1.82, 2.24) is 0 Å². The summed E-state index contributed by atoms with van der Waals surface area (Å²) < 4.78 is 0. The highest BCUT2D eigenvalue weighted by molar-refractivity contribution is 5.06. The zero-order valence-corrected chi connectivity index (χ0v) is 18.6. The summed E-state index contributed by atoms with van der Waals surface area (Å²) in [5.74, 6) is 1.46. The van der Waals surface area contributed by atoms with Gasteiger partial charge in [-0.05, 0) is 90.4 Å². The molecule has 0 radical (unpaired) electrons. The first-order valence-electron chi connectivity index (χ1n) is 10.9. The molecule has 152 valence electrons. The molecule has 0 rings (SSSR count). The normalized spacial score (nSPS) is 15.0. The summed E-state index contributed by atoms with van der Waals surface area (Å²) in [6.45, 7) is 14.0. The van der Waals surface area contributed by atoms with E-state index >= 15 is 0 Å². The molecule has 0 aromatic heterocycles. The molecule has 1 unspecified atom stereocenters. The van der Waals surface area contributed by atoms with Crippen LogP contribution >= 0.6 is 0 Å². The van der Waals surface area contributed by atoms with Crippen molar-refractivity contribution in [2.75, 3.05) is 6.61 Å². The van der Waals surface area contributed by atoms with Crippen LogP contribution in [0.15, 0.2) is 34.9 Å². The predicted molar refractivity (Wildman–Crippen MR) is 119 cm³/mol. The maximum Gasteiger partial charge on any atom is 0.0433 e. The Morgan fingerprint density at radius 3 is 1.69 bits per heavy atom. The second-order valence-corrected chi connectivity index (χ2v) is 8.71. The molecule has 0 fully saturated rings. The van der Waals surface area contributed by atoms with E-state index in [-0.39, 0.29) is 0 Å². The Bertz CT molecular complexity index is 425. The van der Waals surface area contributed by atoms with Crippen LogP contribution < -0.4 is 0 Å². The van der Waals surface area contributed by atoms with E-state index in [1.165, 1.54) is 56.1 Å². The molecule has 1 heteroatoms. The number of aliphatic hydroxyl groups is 1. The van der Waals surface area contributed by atoms with Gasteiger partial charge in [-0.25, -0.2) is 0 Å². The lowest BCUT2D eigenvalue weighted by molar-refractivity contribution is 0.259. The summed E-state index contributed by atoms with van der Waals surface area (Å²) in [5, 5.41) is 8.94. The molecule has 1 nitrogen and oxygen atoms in total. The van der Waals surface area contributed by atoms with E-state index in [2.05, 4.69) is 59.8 Å². The number of aliphatic hydroxyl groups excluding tert-OH is 1. The summed E-state index contributed by atoms with van der Waals surface area (Å²) >= 11 is 0. The van der Waals surface area contributed by atoms with Gasteiger partial charge in [0.15, 0.2) is 0 Å². The maximum atomic E-state index is 8.94. The van der Waals surface area contributed by atoms with Crippen LogP contribution in [0.5, 0.6) is 0 Å². The standard InChI is InChI=1S/C25H46O/c1-21(2)11-7-12-22(3)13-8-14-23(4)15-9-16-24(5)17-10-18-25(6)19-20-26/h13,15,17,21,25-26H,7-12,14,16,18-20H2,1-6H3/b22-13+,23-15+,24-17-.